The zero-order valence-electron chi connectivity index (χ0n) is 12.7. The van der Waals surface area contributed by atoms with Gasteiger partial charge in [-0.25, -0.2) is 9.97 Å². The quantitative estimate of drug-likeness (QED) is 0.795. The number of nitrogens with one attached hydrogen (secondary N) is 2. The number of anilines is 3. The van der Waals surface area contributed by atoms with Crippen LogP contribution in [0.1, 0.15) is 31.4 Å². The predicted octanol–water partition coefficient (Wildman–Crippen LogP) is 4.68. The van der Waals surface area contributed by atoms with E-state index in [2.05, 4.69) is 69.4 Å². The van der Waals surface area contributed by atoms with Crippen molar-refractivity contribution < 1.29 is 0 Å². The summed E-state index contributed by atoms with van der Waals surface area (Å²) in [5.41, 5.74) is 3.38. The Labute approximate surface area is 134 Å². The Bertz CT molecular complexity index is 613. The molecular weight excluding hydrogens is 328 g/mol. The summed E-state index contributed by atoms with van der Waals surface area (Å²) < 4.78 is 1.05. The van der Waals surface area contributed by atoms with Crippen LogP contribution in [0.3, 0.4) is 0 Å². The third-order valence-corrected chi connectivity index (χ3v) is 3.74. The Morgan fingerprint density at radius 3 is 2.62 bits per heavy atom. The highest BCUT2D eigenvalue weighted by Gasteiger charge is 2.11. The average molecular weight is 349 g/mol. The molecular formula is C16H21BrN4. The minimum atomic E-state index is 0.850. The van der Waals surface area contributed by atoms with Gasteiger partial charge in [-0.1, -0.05) is 35.3 Å². The van der Waals surface area contributed by atoms with Gasteiger partial charge < -0.3 is 10.6 Å². The SMILES string of the molecule is CCCc1c(NCC)ncnc1Nc1cc(Br)ccc1C. The molecule has 2 rings (SSSR count). The summed E-state index contributed by atoms with van der Waals surface area (Å²) in [6.45, 7) is 7.17. The Morgan fingerprint density at radius 1 is 1.14 bits per heavy atom. The summed E-state index contributed by atoms with van der Waals surface area (Å²) in [4.78, 5) is 8.79. The molecule has 1 aromatic heterocycles. The molecule has 1 aromatic carbocycles. The Hall–Kier alpha value is -1.62. The van der Waals surface area contributed by atoms with E-state index in [0.717, 1.165) is 46.7 Å². The maximum atomic E-state index is 4.43. The number of hydrogen-bond donors (Lipinski definition) is 2. The van der Waals surface area contributed by atoms with Crippen molar-refractivity contribution in [3.63, 3.8) is 0 Å². The molecule has 0 saturated carbocycles. The van der Waals surface area contributed by atoms with Crippen molar-refractivity contribution in [1.82, 2.24) is 9.97 Å². The van der Waals surface area contributed by atoms with Gasteiger partial charge in [-0.2, -0.15) is 0 Å². The molecule has 0 aliphatic heterocycles. The van der Waals surface area contributed by atoms with Gasteiger partial charge in [0.2, 0.25) is 0 Å². The van der Waals surface area contributed by atoms with Gasteiger partial charge in [0.05, 0.1) is 0 Å². The van der Waals surface area contributed by atoms with Gasteiger partial charge in [0.1, 0.15) is 18.0 Å². The minimum Gasteiger partial charge on any atom is -0.370 e. The topological polar surface area (TPSA) is 49.8 Å². The molecule has 0 amide bonds. The Balaban J connectivity index is 2.38. The van der Waals surface area contributed by atoms with Crippen molar-refractivity contribution in [3.05, 3.63) is 40.1 Å². The molecule has 0 aliphatic rings. The number of benzene rings is 1. The van der Waals surface area contributed by atoms with Gasteiger partial charge in [0.25, 0.3) is 0 Å². The summed E-state index contributed by atoms with van der Waals surface area (Å²) in [7, 11) is 0. The zero-order valence-corrected chi connectivity index (χ0v) is 14.3. The molecule has 0 radical (unpaired) electrons. The normalized spacial score (nSPS) is 10.5. The van der Waals surface area contributed by atoms with Crippen molar-refractivity contribution in [2.75, 3.05) is 17.2 Å². The van der Waals surface area contributed by atoms with Crippen LogP contribution < -0.4 is 10.6 Å². The van der Waals surface area contributed by atoms with Crippen molar-refractivity contribution in [1.29, 1.82) is 0 Å². The fraction of sp³-hybridized carbons (Fsp3) is 0.375. The van der Waals surface area contributed by atoms with Crippen LogP contribution in [-0.2, 0) is 6.42 Å². The van der Waals surface area contributed by atoms with Crippen LogP contribution in [0.4, 0.5) is 17.3 Å². The lowest BCUT2D eigenvalue weighted by Gasteiger charge is -2.16. The highest BCUT2D eigenvalue weighted by molar-refractivity contribution is 9.10. The van der Waals surface area contributed by atoms with Crippen LogP contribution in [-0.4, -0.2) is 16.5 Å². The first kappa shape index (κ1) is 15.8. The van der Waals surface area contributed by atoms with Gasteiger partial charge in [0, 0.05) is 22.3 Å². The largest absolute Gasteiger partial charge is 0.370 e. The highest BCUT2D eigenvalue weighted by Crippen LogP contribution is 2.28. The molecule has 0 saturated heterocycles. The lowest BCUT2D eigenvalue weighted by molar-refractivity contribution is 0.902. The molecule has 4 nitrogen and oxygen atoms in total. The van der Waals surface area contributed by atoms with Crippen LogP contribution in [0.2, 0.25) is 0 Å². The Morgan fingerprint density at radius 2 is 1.90 bits per heavy atom. The third kappa shape index (κ3) is 3.94. The summed E-state index contributed by atoms with van der Waals surface area (Å²) in [5.74, 6) is 1.80. The van der Waals surface area contributed by atoms with E-state index in [-0.39, 0.29) is 0 Å². The fourth-order valence-corrected chi connectivity index (χ4v) is 2.54. The van der Waals surface area contributed by atoms with E-state index in [1.54, 1.807) is 6.33 Å². The van der Waals surface area contributed by atoms with Gasteiger partial charge >= 0.3 is 0 Å². The number of aryl methyl sites for hydroxylation is 1. The van der Waals surface area contributed by atoms with E-state index in [9.17, 15) is 0 Å². The molecule has 0 bridgehead atoms. The van der Waals surface area contributed by atoms with Crippen molar-refractivity contribution in [2.24, 2.45) is 0 Å². The molecule has 2 N–H and O–H groups in total. The van der Waals surface area contributed by atoms with Gasteiger partial charge in [-0.15, -0.1) is 0 Å². The van der Waals surface area contributed by atoms with E-state index in [0.29, 0.717) is 0 Å². The maximum absolute atomic E-state index is 4.43. The molecule has 5 heteroatoms. The molecule has 0 spiro atoms. The van der Waals surface area contributed by atoms with E-state index in [1.165, 1.54) is 5.56 Å². The number of halogens is 1. The second kappa shape index (κ2) is 7.41. The number of nitrogens with zero attached hydrogens (tertiary/aromatic N) is 2. The molecule has 112 valence electrons. The van der Waals surface area contributed by atoms with Crippen molar-refractivity contribution in [3.8, 4) is 0 Å². The van der Waals surface area contributed by atoms with Gasteiger partial charge in [-0.3, -0.25) is 0 Å². The van der Waals surface area contributed by atoms with Gasteiger partial charge in [0.15, 0.2) is 0 Å². The zero-order chi connectivity index (χ0) is 15.2. The van der Waals surface area contributed by atoms with Crippen LogP contribution in [0.15, 0.2) is 29.0 Å². The average Bonchev–Trinajstić information content (AvgIpc) is 2.46. The second-order valence-electron chi connectivity index (χ2n) is 4.91. The third-order valence-electron chi connectivity index (χ3n) is 3.24. The Kier molecular flexibility index (Phi) is 5.56. The standard InChI is InChI=1S/C16H21BrN4/c1-4-6-13-15(18-5-2)19-10-20-16(13)21-14-9-12(17)8-7-11(14)3/h7-10H,4-6H2,1-3H3,(H2,18,19,20,21). The lowest BCUT2D eigenvalue weighted by Crippen LogP contribution is -2.08. The molecule has 0 fully saturated rings. The van der Waals surface area contributed by atoms with Crippen molar-refractivity contribution >= 4 is 33.3 Å². The summed E-state index contributed by atoms with van der Waals surface area (Å²) in [5, 5.41) is 6.76. The maximum Gasteiger partial charge on any atom is 0.139 e. The molecule has 21 heavy (non-hydrogen) atoms. The smallest absolute Gasteiger partial charge is 0.139 e. The minimum absolute atomic E-state index is 0.850. The van der Waals surface area contributed by atoms with Crippen LogP contribution in [0.25, 0.3) is 0 Å². The molecule has 2 aromatic rings. The van der Waals surface area contributed by atoms with Crippen molar-refractivity contribution in [2.45, 2.75) is 33.6 Å². The van der Waals surface area contributed by atoms with Crippen LogP contribution in [0.5, 0.6) is 0 Å². The molecule has 0 atom stereocenters. The number of rotatable bonds is 6. The van der Waals surface area contributed by atoms with E-state index in [1.807, 2.05) is 6.07 Å². The molecule has 0 aliphatic carbocycles. The second-order valence-corrected chi connectivity index (χ2v) is 5.83. The summed E-state index contributed by atoms with van der Waals surface area (Å²) >= 11 is 3.51. The first-order valence-corrected chi connectivity index (χ1v) is 8.05. The van der Waals surface area contributed by atoms with Crippen LogP contribution >= 0.6 is 15.9 Å². The first-order chi connectivity index (χ1) is 10.2. The monoisotopic (exact) mass is 348 g/mol. The van der Waals surface area contributed by atoms with E-state index < -0.39 is 0 Å². The van der Waals surface area contributed by atoms with E-state index in [4.69, 9.17) is 0 Å². The van der Waals surface area contributed by atoms with E-state index >= 15 is 0 Å². The van der Waals surface area contributed by atoms with Gasteiger partial charge in [-0.05, 0) is 38.0 Å². The summed E-state index contributed by atoms with van der Waals surface area (Å²) in [6.07, 6.45) is 3.60. The lowest BCUT2D eigenvalue weighted by atomic mass is 10.1. The number of hydrogen-bond acceptors (Lipinski definition) is 4. The fourth-order valence-electron chi connectivity index (χ4n) is 2.18. The predicted molar refractivity (Wildman–Crippen MR) is 92.4 cm³/mol. The van der Waals surface area contributed by atoms with Crippen LogP contribution in [0, 0.1) is 6.92 Å². The summed E-state index contributed by atoms with van der Waals surface area (Å²) in [6, 6.07) is 6.19. The first-order valence-electron chi connectivity index (χ1n) is 7.26. The molecule has 1 heterocycles. The number of aromatic nitrogens is 2. The highest BCUT2D eigenvalue weighted by atomic mass is 79.9. The molecule has 0 unspecified atom stereocenters.